The van der Waals surface area contributed by atoms with E-state index < -0.39 is 23.8 Å². The number of alkyl halides is 3. The van der Waals surface area contributed by atoms with Gasteiger partial charge in [-0.3, -0.25) is 4.79 Å². The monoisotopic (exact) mass is 304 g/mol. The van der Waals surface area contributed by atoms with Crippen molar-refractivity contribution >= 4 is 5.97 Å². The second-order valence-electron chi connectivity index (χ2n) is 4.75. The number of halogens is 3. The third kappa shape index (κ3) is 6.16. The van der Waals surface area contributed by atoms with Crippen LogP contribution < -0.4 is 0 Å². The SMILES string of the molecule is CCCCOC(=O)CCC(O)c1cccc(C(F)(F)F)c1. The van der Waals surface area contributed by atoms with E-state index in [1.54, 1.807) is 0 Å². The molecule has 1 N–H and O–H groups in total. The van der Waals surface area contributed by atoms with Gasteiger partial charge in [0.15, 0.2) is 0 Å². The number of aliphatic hydroxyl groups is 1. The van der Waals surface area contributed by atoms with E-state index in [0.29, 0.717) is 6.61 Å². The first-order chi connectivity index (χ1) is 9.84. The van der Waals surface area contributed by atoms with Gasteiger partial charge in [0.25, 0.3) is 0 Å². The van der Waals surface area contributed by atoms with Gasteiger partial charge in [-0.05, 0) is 30.5 Å². The Morgan fingerprint density at radius 2 is 2.10 bits per heavy atom. The zero-order valence-electron chi connectivity index (χ0n) is 11.8. The van der Waals surface area contributed by atoms with E-state index in [1.165, 1.54) is 12.1 Å². The normalized spacial score (nSPS) is 13.0. The van der Waals surface area contributed by atoms with Crippen LogP contribution >= 0.6 is 0 Å². The van der Waals surface area contributed by atoms with Gasteiger partial charge in [-0.2, -0.15) is 13.2 Å². The Kier molecular flexibility index (Phi) is 6.68. The Hall–Kier alpha value is -1.56. The maximum Gasteiger partial charge on any atom is 0.416 e. The van der Waals surface area contributed by atoms with E-state index in [-0.39, 0.29) is 18.4 Å². The quantitative estimate of drug-likeness (QED) is 0.614. The molecule has 21 heavy (non-hydrogen) atoms. The van der Waals surface area contributed by atoms with Crippen LogP contribution in [0.1, 0.15) is 49.8 Å². The number of hydrogen-bond acceptors (Lipinski definition) is 3. The van der Waals surface area contributed by atoms with Crippen LogP contribution in [-0.4, -0.2) is 17.7 Å². The number of hydrogen-bond donors (Lipinski definition) is 1. The molecule has 0 aliphatic heterocycles. The van der Waals surface area contributed by atoms with Crippen LogP contribution in [0.5, 0.6) is 0 Å². The number of benzene rings is 1. The summed E-state index contributed by atoms with van der Waals surface area (Å²) >= 11 is 0. The van der Waals surface area contributed by atoms with Gasteiger partial charge in [0.05, 0.1) is 18.3 Å². The molecule has 1 aromatic carbocycles. The first-order valence-corrected chi connectivity index (χ1v) is 6.85. The number of unbranched alkanes of at least 4 members (excludes halogenated alkanes) is 1. The molecule has 1 aromatic rings. The summed E-state index contributed by atoms with van der Waals surface area (Å²) in [6, 6.07) is 4.48. The number of rotatable bonds is 7. The number of ether oxygens (including phenoxy) is 1. The van der Waals surface area contributed by atoms with Gasteiger partial charge in [-0.1, -0.05) is 25.5 Å². The Balaban J connectivity index is 2.52. The zero-order valence-corrected chi connectivity index (χ0v) is 11.8. The predicted octanol–water partition coefficient (Wildman–Crippen LogP) is 3.86. The number of esters is 1. The fraction of sp³-hybridized carbons (Fsp3) is 0.533. The van der Waals surface area contributed by atoms with Crippen molar-refractivity contribution in [1.82, 2.24) is 0 Å². The molecule has 0 heterocycles. The molecule has 0 fully saturated rings. The molecule has 0 aliphatic rings. The maximum atomic E-state index is 12.6. The van der Waals surface area contributed by atoms with E-state index in [4.69, 9.17) is 4.74 Å². The van der Waals surface area contributed by atoms with Gasteiger partial charge in [-0.25, -0.2) is 0 Å². The van der Waals surface area contributed by atoms with Gasteiger partial charge in [0, 0.05) is 6.42 Å². The van der Waals surface area contributed by atoms with E-state index in [2.05, 4.69) is 0 Å². The Morgan fingerprint density at radius 1 is 1.38 bits per heavy atom. The van der Waals surface area contributed by atoms with E-state index >= 15 is 0 Å². The van der Waals surface area contributed by atoms with Crippen molar-refractivity contribution in [2.24, 2.45) is 0 Å². The maximum absolute atomic E-state index is 12.6. The number of carbonyl (C=O) groups excluding carboxylic acids is 1. The smallest absolute Gasteiger partial charge is 0.416 e. The highest BCUT2D eigenvalue weighted by atomic mass is 19.4. The molecule has 0 aromatic heterocycles. The second kappa shape index (κ2) is 8.02. The molecule has 118 valence electrons. The van der Waals surface area contributed by atoms with Crippen molar-refractivity contribution in [3.63, 3.8) is 0 Å². The Bertz CT molecular complexity index is 458. The van der Waals surface area contributed by atoms with Gasteiger partial charge < -0.3 is 9.84 Å². The standard InChI is InChI=1S/C15H19F3O3/c1-2-3-9-21-14(20)8-7-13(19)11-5-4-6-12(10-11)15(16,17)18/h4-6,10,13,19H,2-3,7-9H2,1H3. The van der Waals surface area contributed by atoms with E-state index in [1.807, 2.05) is 6.92 Å². The van der Waals surface area contributed by atoms with Crippen LogP contribution in [-0.2, 0) is 15.7 Å². The average Bonchev–Trinajstić information content (AvgIpc) is 2.44. The fourth-order valence-corrected chi connectivity index (χ4v) is 1.75. The van der Waals surface area contributed by atoms with Crippen molar-refractivity contribution in [3.8, 4) is 0 Å². The lowest BCUT2D eigenvalue weighted by Gasteiger charge is -2.13. The van der Waals surface area contributed by atoms with E-state index in [0.717, 1.165) is 25.0 Å². The lowest BCUT2D eigenvalue weighted by atomic mass is 10.0. The molecule has 6 heteroatoms. The Labute approximate surface area is 121 Å². The largest absolute Gasteiger partial charge is 0.466 e. The van der Waals surface area contributed by atoms with Crippen LogP contribution in [0.15, 0.2) is 24.3 Å². The van der Waals surface area contributed by atoms with Gasteiger partial charge >= 0.3 is 12.1 Å². The van der Waals surface area contributed by atoms with Crippen molar-refractivity contribution in [1.29, 1.82) is 0 Å². The fourth-order valence-electron chi connectivity index (χ4n) is 1.75. The molecule has 3 nitrogen and oxygen atoms in total. The molecule has 0 bridgehead atoms. The van der Waals surface area contributed by atoms with Gasteiger partial charge in [-0.15, -0.1) is 0 Å². The highest BCUT2D eigenvalue weighted by molar-refractivity contribution is 5.69. The minimum atomic E-state index is -4.45. The van der Waals surface area contributed by atoms with Crippen LogP contribution in [0.4, 0.5) is 13.2 Å². The summed E-state index contributed by atoms with van der Waals surface area (Å²) in [6.07, 6.45) is -3.89. The molecule has 0 saturated carbocycles. The second-order valence-corrected chi connectivity index (χ2v) is 4.75. The summed E-state index contributed by atoms with van der Waals surface area (Å²) in [4.78, 5) is 11.4. The van der Waals surface area contributed by atoms with Crippen LogP contribution in [0.25, 0.3) is 0 Å². The lowest BCUT2D eigenvalue weighted by Crippen LogP contribution is -2.09. The van der Waals surface area contributed by atoms with Gasteiger partial charge in [0.1, 0.15) is 0 Å². The molecular weight excluding hydrogens is 285 g/mol. The van der Waals surface area contributed by atoms with Crippen molar-refractivity contribution < 1.29 is 27.8 Å². The van der Waals surface area contributed by atoms with Crippen molar-refractivity contribution in [2.75, 3.05) is 6.61 Å². The first-order valence-electron chi connectivity index (χ1n) is 6.85. The number of carbonyl (C=O) groups is 1. The molecule has 0 radical (unpaired) electrons. The summed E-state index contributed by atoms with van der Waals surface area (Å²) in [5.41, 5.74) is -0.671. The summed E-state index contributed by atoms with van der Waals surface area (Å²) < 4.78 is 42.6. The average molecular weight is 304 g/mol. The number of aliphatic hydroxyl groups excluding tert-OH is 1. The Morgan fingerprint density at radius 3 is 2.71 bits per heavy atom. The minimum Gasteiger partial charge on any atom is -0.466 e. The summed E-state index contributed by atoms with van der Waals surface area (Å²) in [5, 5.41) is 9.86. The molecule has 1 atom stereocenters. The van der Waals surface area contributed by atoms with Crippen LogP contribution in [0.3, 0.4) is 0 Å². The summed E-state index contributed by atoms with van der Waals surface area (Å²) in [7, 11) is 0. The molecule has 0 amide bonds. The zero-order chi connectivity index (χ0) is 15.9. The highest BCUT2D eigenvalue weighted by Crippen LogP contribution is 2.31. The first kappa shape index (κ1) is 17.5. The molecule has 1 rings (SSSR count). The predicted molar refractivity (Wildman–Crippen MR) is 71.5 cm³/mol. The molecular formula is C15H19F3O3. The topological polar surface area (TPSA) is 46.5 Å². The molecule has 0 saturated heterocycles. The molecule has 0 spiro atoms. The van der Waals surface area contributed by atoms with E-state index in [9.17, 15) is 23.1 Å². The molecule has 0 aliphatic carbocycles. The highest BCUT2D eigenvalue weighted by Gasteiger charge is 2.30. The third-order valence-corrected chi connectivity index (χ3v) is 2.98. The van der Waals surface area contributed by atoms with Gasteiger partial charge in [0.2, 0.25) is 0 Å². The van der Waals surface area contributed by atoms with Crippen LogP contribution in [0.2, 0.25) is 0 Å². The minimum absolute atomic E-state index is 0.0267. The summed E-state index contributed by atoms with van der Waals surface area (Å²) in [6.45, 7) is 2.29. The summed E-state index contributed by atoms with van der Waals surface area (Å²) in [5.74, 6) is -0.450. The van der Waals surface area contributed by atoms with Crippen molar-refractivity contribution in [3.05, 3.63) is 35.4 Å². The molecule has 1 unspecified atom stereocenters. The van der Waals surface area contributed by atoms with Crippen LogP contribution in [0, 0.1) is 0 Å². The lowest BCUT2D eigenvalue weighted by molar-refractivity contribution is -0.144. The van der Waals surface area contributed by atoms with Crippen molar-refractivity contribution in [2.45, 2.75) is 44.9 Å². The third-order valence-electron chi connectivity index (χ3n) is 2.98.